The number of aromatic nitrogens is 2. The average Bonchev–Trinajstić information content (AvgIpc) is 3.31. The second-order valence-electron chi connectivity index (χ2n) is 6.39. The average molecular weight is 439 g/mol. The predicted octanol–water partition coefficient (Wildman–Crippen LogP) is 4.21. The van der Waals surface area contributed by atoms with Crippen molar-refractivity contribution in [3.05, 3.63) is 64.9 Å². The molecule has 0 saturated heterocycles. The number of urea groups is 1. The van der Waals surface area contributed by atoms with Crippen molar-refractivity contribution in [1.82, 2.24) is 9.55 Å². The lowest BCUT2D eigenvalue weighted by molar-refractivity contribution is 0.0990. The summed E-state index contributed by atoms with van der Waals surface area (Å²) in [4.78, 5) is 32.8. The monoisotopic (exact) mass is 438 g/mol. The number of aliphatic imine (C=N–C) groups is 1. The summed E-state index contributed by atoms with van der Waals surface area (Å²) in [5.74, 6) is -0.0229. The molecule has 10 nitrogen and oxygen atoms in total. The number of fused-ring (bicyclic) bond motifs is 1. The largest absolute Gasteiger partial charge is 0.497 e. The van der Waals surface area contributed by atoms with Gasteiger partial charge in [0.25, 0.3) is 11.8 Å². The molecule has 0 fully saturated rings. The fourth-order valence-electron chi connectivity index (χ4n) is 2.87. The number of ether oxygens (including phenoxy) is 1. The summed E-state index contributed by atoms with van der Waals surface area (Å²) >= 11 is 5.83. The van der Waals surface area contributed by atoms with Gasteiger partial charge in [-0.15, -0.1) is 10.2 Å². The van der Waals surface area contributed by atoms with Crippen LogP contribution in [0.2, 0.25) is 5.02 Å². The number of nitrogens with one attached hydrogen (secondary N) is 1. The van der Waals surface area contributed by atoms with Crippen molar-refractivity contribution in [2.45, 2.75) is 6.42 Å². The molecule has 3 aromatic rings. The lowest BCUT2D eigenvalue weighted by Crippen LogP contribution is -2.17. The van der Waals surface area contributed by atoms with Gasteiger partial charge in [0.05, 0.1) is 13.5 Å². The maximum Gasteiger partial charge on any atom is 0.348 e. The highest BCUT2D eigenvalue weighted by Crippen LogP contribution is 2.32. The Bertz CT molecular complexity index is 1220. The Morgan fingerprint density at radius 3 is 2.52 bits per heavy atom. The van der Waals surface area contributed by atoms with Crippen LogP contribution in [0.25, 0.3) is 0 Å². The maximum atomic E-state index is 12.7. The first kappa shape index (κ1) is 20.2. The van der Waals surface area contributed by atoms with E-state index >= 15 is 0 Å². The zero-order valence-electron chi connectivity index (χ0n) is 16.1. The normalized spacial score (nSPS) is 13.3. The number of hydrogen-bond donors (Lipinski definition) is 2. The van der Waals surface area contributed by atoms with Crippen molar-refractivity contribution >= 4 is 40.9 Å². The van der Waals surface area contributed by atoms with Gasteiger partial charge in [0.1, 0.15) is 11.6 Å². The van der Waals surface area contributed by atoms with Crippen LogP contribution < -0.4 is 10.1 Å². The number of azo groups is 1. The van der Waals surface area contributed by atoms with E-state index in [0.717, 1.165) is 0 Å². The number of imidazole rings is 1. The van der Waals surface area contributed by atoms with E-state index in [1.54, 1.807) is 48.5 Å². The molecular formula is C20H15ClN6O4. The molecule has 2 N–H and O–H groups in total. The number of anilines is 1. The van der Waals surface area contributed by atoms with Gasteiger partial charge in [0, 0.05) is 16.3 Å². The van der Waals surface area contributed by atoms with E-state index < -0.39 is 11.9 Å². The Balaban J connectivity index is 1.55. The predicted molar refractivity (Wildman–Crippen MR) is 113 cm³/mol. The Kier molecular flexibility index (Phi) is 5.46. The fourth-order valence-corrected chi connectivity index (χ4v) is 3.00. The molecule has 2 amide bonds. The molecule has 1 aromatic heterocycles. The van der Waals surface area contributed by atoms with Crippen LogP contribution in [0, 0.1) is 0 Å². The molecule has 2 aromatic carbocycles. The first-order valence-electron chi connectivity index (χ1n) is 9.00. The number of Topliss-reactive ketones (excluding diaryl/α,β-unsaturated/α-hetero) is 1. The second-order valence-corrected chi connectivity index (χ2v) is 6.82. The Morgan fingerprint density at radius 1 is 1.13 bits per heavy atom. The van der Waals surface area contributed by atoms with E-state index in [4.69, 9.17) is 16.3 Å². The molecule has 4 rings (SSSR count). The summed E-state index contributed by atoms with van der Waals surface area (Å²) in [5.41, 5.74) is 0.917. The van der Waals surface area contributed by atoms with Gasteiger partial charge in [-0.05, 0) is 48.5 Å². The molecule has 1 aliphatic heterocycles. The lowest BCUT2D eigenvalue weighted by Gasteiger charge is -2.05. The van der Waals surface area contributed by atoms with E-state index in [1.165, 1.54) is 11.7 Å². The molecule has 0 saturated carbocycles. The van der Waals surface area contributed by atoms with E-state index in [9.17, 15) is 14.7 Å². The smallest absolute Gasteiger partial charge is 0.348 e. The van der Waals surface area contributed by atoms with Crippen LogP contribution in [0.15, 0.2) is 63.8 Å². The summed E-state index contributed by atoms with van der Waals surface area (Å²) in [6, 6.07) is 12.3. The third-order valence-electron chi connectivity index (χ3n) is 4.37. The zero-order chi connectivity index (χ0) is 22.0. The molecule has 156 valence electrons. The van der Waals surface area contributed by atoms with Crippen LogP contribution in [-0.4, -0.2) is 39.5 Å². The van der Waals surface area contributed by atoms with Crippen LogP contribution in [-0.2, 0) is 6.42 Å². The van der Waals surface area contributed by atoms with E-state index in [-0.39, 0.29) is 29.8 Å². The number of amides is 2. The second kappa shape index (κ2) is 8.36. The van der Waals surface area contributed by atoms with Gasteiger partial charge < -0.3 is 15.2 Å². The van der Waals surface area contributed by atoms with Crippen molar-refractivity contribution in [2.75, 3.05) is 12.4 Å². The molecule has 0 unspecified atom stereocenters. The van der Waals surface area contributed by atoms with Crippen LogP contribution in [0.3, 0.4) is 0 Å². The number of carbonyl (C=O) groups excluding carboxylic acids is 2. The van der Waals surface area contributed by atoms with Crippen molar-refractivity contribution < 1.29 is 19.4 Å². The summed E-state index contributed by atoms with van der Waals surface area (Å²) in [5, 5.41) is 20.7. The van der Waals surface area contributed by atoms with Gasteiger partial charge in [0.15, 0.2) is 5.78 Å². The minimum Gasteiger partial charge on any atom is -0.497 e. The first-order chi connectivity index (χ1) is 14.9. The Morgan fingerprint density at radius 2 is 1.84 bits per heavy atom. The number of halogens is 1. The topological polar surface area (TPSA) is 131 Å². The highest BCUT2D eigenvalue weighted by atomic mass is 35.5. The number of rotatable bonds is 5. The van der Waals surface area contributed by atoms with E-state index in [1.807, 2.05) is 0 Å². The first-order valence-corrected chi connectivity index (χ1v) is 9.37. The molecular weight excluding hydrogens is 424 g/mol. The molecule has 11 heteroatoms. The number of benzene rings is 2. The van der Waals surface area contributed by atoms with Crippen LogP contribution in [0.5, 0.6) is 11.6 Å². The van der Waals surface area contributed by atoms with Gasteiger partial charge in [-0.3, -0.25) is 4.79 Å². The van der Waals surface area contributed by atoms with Gasteiger partial charge in [-0.25, -0.2) is 9.36 Å². The highest BCUT2D eigenvalue weighted by molar-refractivity contribution is 6.30. The quantitative estimate of drug-likeness (QED) is 0.576. The number of aromatic hydroxyl groups is 1. The van der Waals surface area contributed by atoms with Gasteiger partial charge in [-0.1, -0.05) is 11.6 Å². The third kappa shape index (κ3) is 4.28. The molecule has 1 aliphatic rings. The molecule has 31 heavy (non-hydrogen) atoms. The minimum atomic E-state index is -0.718. The van der Waals surface area contributed by atoms with Crippen molar-refractivity contribution in [3.8, 4) is 11.6 Å². The summed E-state index contributed by atoms with van der Waals surface area (Å²) in [7, 11) is 1.53. The molecule has 2 heterocycles. The van der Waals surface area contributed by atoms with Gasteiger partial charge in [0.2, 0.25) is 5.82 Å². The molecule has 0 spiro atoms. The fraction of sp³-hybridized carbons (Fsp3) is 0.100. The summed E-state index contributed by atoms with van der Waals surface area (Å²) < 4.78 is 6.35. The number of carbonyl (C=O) groups is 2. The van der Waals surface area contributed by atoms with Crippen LogP contribution >= 0.6 is 11.6 Å². The maximum absolute atomic E-state index is 12.7. The molecule has 0 atom stereocenters. The lowest BCUT2D eigenvalue weighted by atomic mass is 10.1. The SMILES string of the molecule is COc1ccc(C(=O)Cc2nc(O)c3n2C(=NC(=O)Nc2ccc(Cl)cc2)N=N3)cc1. The van der Waals surface area contributed by atoms with Crippen LogP contribution in [0.1, 0.15) is 16.2 Å². The van der Waals surface area contributed by atoms with Gasteiger partial charge in [-0.2, -0.15) is 9.98 Å². The zero-order valence-corrected chi connectivity index (χ0v) is 16.9. The summed E-state index contributed by atoms with van der Waals surface area (Å²) in [6.07, 6.45) is -0.164. The third-order valence-corrected chi connectivity index (χ3v) is 4.62. The van der Waals surface area contributed by atoms with E-state index in [0.29, 0.717) is 22.0 Å². The Hall–Kier alpha value is -4.05. The summed E-state index contributed by atoms with van der Waals surface area (Å²) in [6.45, 7) is 0. The molecule has 0 aliphatic carbocycles. The number of methoxy groups -OCH3 is 1. The van der Waals surface area contributed by atoms with Crippen molar-refractivity contribution in [1.29, 1.82) is 0 Å². The van der Waals surface area contributed by atoms with Crippen molar-refractivity contribution in [2.24, 2.45) is 15.2 Å². The number of ketones is 1. The minimum absolute atomic E-state index is 0.00410. The van der Waals surface area contributed by atoms with Crippen molar-refractivity contribution in [3.63, 3.8) is 0 Å². The molecule has 0 bridgehead atoms. The number of nitrogens with zero attached hydrogens (tertiary/aromatic N) is 5. The van der Waals surface area contributed by atoms with E-state index in [2.05, 4.69) is 25.5 Å². The molecule has 0 radical (unpaired) electrons. The van der Waals surface area contributed by atoms with Gasteiger partial charge >= 0.3 is 6.03 Å². The Labute approximate surface area is 180 Å². The van der Waals surface area contributed by atoms with Crippen LogP contribution in [0.4, 0.5) is 16.3 Å². The standard InChI is InChI=1S/C20H15ClN6O4/c1-31-14-8-2-11(3-9-14)15(28)10-16-23-18(29)17-25-26-19(27(16)17)24-20(30)22-13-6-4-12(21)5-7-13/h2-9,29H,10H2,1H3,(H,22,30). The highest BCUT2D eigenvalue weighted by Gasteiger charge is 2.27. The number of hydrogen-bond acceptors (Lipinski definition) is 6.